The molecule has 0 spiro atoms. The van der Waals surface area contributed by atoms with Crippen LogP contribution in [0, 0.1) is 29.1 Å². The number of anilines is 1. The molecule has 0 N–H and O–H groups in total. The molecule has 2 amide bonds. The van der Waals surface area contributed by atoms with Crippen molar-refractivity contribution in [3.05, 3.63) is 71.1 Å². The maximum Gasteiger partial charge on any atom is 0.315 e. The molecule has 0 atom stereocenters. The maximum absolute atomic E-state index is 13.5. The summed E-state index contributed by atoms with van der Waals surface area (Å²) in [6, 6.07) is 5.33. The molecule has 1 aliphatic heterocycles. The monoisotopic (exact) mass is 397 g/mol. The second-order valence-electron chi connectivity index (χ2n) is 5.56. The average Bonchev–Trinajstić information content (AvgIpc) is 3.01. The fourth-order valence-corrected chi connectivity index (χ4v) is 2.41. The first-order valence-electron chi connectivity index (χ1n) is 7.58. The number of hydrogen-bond acceptors (Lipinski definition) is 4. The lowest BCUT2D eigenvalue weighted by Gasteiger charge is -2.14. The van der Waals surface area contributed by atoms with Crippen molar-refractivity contribution < 1.29 is 41.1 Å². The molecule has 0 unspecified atom stereocenters. The van der Waals surface area contributed by atoms with Gasteiger partial charge in [0.25, 0.3) is 11.8 Å². The van der Waals surface area contributed by atoms with Crippen LogP contribution < -0.4 is 9.64 Å². The van der Waals surface area contributed by atoms with Crippen molar-refractivity contribution in [3.8, 4) is 5.75 Å². The minimum Gasteiger partial charge on any atom is -0.420 e. The van der Waals surface area contributed by atoms with Crippen molar-refractivity contribution in [1.29, 1.82) is 0 Å². The van der Waals surface area contributed by atoms with Gasteiger partial charge in [-0.2, -0.15) is 8.78 Å². The fraction of sp³-hybridized carbons (Fsp3) is 0.0556. The third-order valence-electron chi connectivity index (χ3n) is 3.74. The third-order valence-corrected chi connectivity index (χ3v) is 3.74. The summed E-state index contributed by atoms with van der Waals surface area (Å²) in [6.07, 6.45) is 1.59. The van der Waals surface area contributed by atoms with E-state index in [9.17, 15) is 36.3 Å². The van der Waals surface area contributed by atoms with Gasteiger partial charge in [0.2, 0.25) is 34.8 Å². The molecule has 1 heterocycles. The SMILES string of the molecule is O=C(Cc1ccc(N2C(=O)C=CC2=O)cc1)Oc1c(F)c(F)c(F)c(F)c1F. The van der Waals surface area contributed by atoms with E-state index in [0.29, 0.717) is 0 Å². The number of imide groups is 1. The molecule has 2 aromatic rings. The zero-order valence-electron chi connectivity index (χ0n) is 13.6. The Morgan fingerprint density at radius 1 is 0.786 bits per heavy atom. The number of nitrogens with zero attached hydrogens (tertiary/aromatic N) is 1. The van der Waals surface area contributed by atoms with E-state index in [0.717, 1.165) is 17.1 Å². The normalized spacial score (nSPS) is 13.4. The number of amides is 2. The lowest BCUT2D eigenvalue weighted by molar-refractivity contribution is -0.134. The average molecular weight is 397 g/mol. The van der Waals surface area contributed by atoms with Crippen molar-refractivity contribution in [1.82, 2.24) is 0 Å². The van der Waals surface area contributed by atoms with Crippen molar-refractivity contribution in [3.63, 3.8) is 0 Å². The lowest BCUT2D eigenvalue weighted by atomic mass is 10.1. The molecule has 0 aromatic heterocycles. The van der Waals surface area contributed by atoms with E-state index in [-0.39, 0.29) is 11.3 Å². The van der Waals surface area contributed by atoms with Crippen LogP contribution in [0.4, 0.5) is 27.6 Å². The highest BCUT2D eigenvalue weighted by molar-refractivity contribution is 6.28. The summed E-state index contributed by atoms with van der Waals surface area (Å²) in [5, 5.41) is 0. The molecule has 1 aliphatic rings. The van der Waals surface area contributed by atoms with E-state index in [1.54, 1.807) is 0 Å². The number of rotatable bonds is 4. The van der Waals surface area contributed by atoms with E-state index in [4.69, 9.17) is 0 Å². The molecule has 10 heteroatoms. The van der Waals surface area contributed by atoms with Gasteiger partial charge >= 0.3 is 5.97 Å². The molecule has 0 saturated heterocycles. The summed E-state index contributed by atoms with van der Waals surface area (Å²) in [4.78, 5) is 35.8. The highest BCUT2D eigenvalue weighted by Crippen LogP contribution is 2.29. The molecule has 0 aliphatic carbocycles. The van der Waals surface area contributed by atoms with Gasteiger partial charge in [0, 0.05) is 12.2 Å². The van der Waals surface area contributed by atoms with Gasteiger partial charge in [0.05, 0.1) is 12.1 Å². The molecule has 0 radical (unpaired) electrons. The Labute approximate surface area is 153 Å². The quantitative estimate of drug-likeness (QED) is 0.199. The predicted octanol–water partition coefficient (Wildman–Crippen LogP) is 2.96. The van der Waals surface area contributed by atoms with Crippen LogP contribution in [0.5, 0.6) is 5.75 Å². The molecule has 144 valence electrons. The van der Waals surface area contributed by atoms with Gasteiger partial charge in [-0.1, -0.05) is 12.1 Å². The summed E-state index contributed by atoms with van der Waals surface area (Å²) in [6.45, 7) is 0. The van der Waals surface area contributed by atoms with Crippen molar-refractivity contribution in [2.24, 2.45) is 0 Å². The van der Waals surface area contributed by atoms with E-state index in [1.165, 1.54) is 24.3 Å². The summed E-state index contributed by atoms with van der Waals surface area (Å²) < 4.78 is 70.6. The zero-order valence-corrected chi connectivity index (χ0v) is 13.6. The highest BCUT2D eigenvalue weighted by Gasteiger charge is 2.29. The summed E-state index contributed by atoms with van der Waals surface area (Å²) in [5.41, 5.74) is 0.460. The molecule has 3 rings (SSSR count). The first-order valence-corrected chi connectivity index (χ1v) is 7.58. The Bertz CT molecular complexity index is 986. The molecule has 0 bridgehead atoms. The number of halogens is 5. The fourth-order valence-electron chi connectivity index (χ4n) is 2.41. The highest BCUT2D eigenvalue weighted by atomic mass is 19.2. The topological polar surface area (TPSA) is 63.7 Å². The van der Waals surface area contributed by atoms with Crippen LogP contribution in [0.2, 0.25) is 0 Å². The van der Waals surface area contributed by atoms with E-state index in [2.05, 4.69) is 4.74 Å². The van der Waals surface area contributed by atoms with Crippen molar-refractivity contribution in [2.75, 3.05) is 4.90 Å². The minimum absolute atomic E-state index is 0.219. The molecule has 2 aromatic carbocycles. The lowest BCUT2D eigenvalue weighted by Crippen LogP contribution is -2.29. The van der Waals surface area contributed by atoms with Gasteiger partial charge in [-0.15, -0.1) is 0 Å². The Balaban J connectivity index is 1.74. The summed E-state index contributed by atoms with van der Waals surface area (Å²) in [5.74, 6) is -15.5. The van der Waals surface area contributed by atoms with Gasteiger partial charge < -0.3 is 4.74 Å². The summed E-state index contributed by atoms with van der Waals surface area (Å²) in [7, 11) is 0. The minimum atomic E-state index is -2.37. The van der Waals surface area contributed by atoms with Crippen LogP contribution in [0.25, 0.3) is 0 Å². The van der Waals surface area contributed by atoms with Crippen LogP contribution in [0.3, 0.4) is 0 Å². The van der Waals surface area contributed by atoms with Gasteiger partial charge in [0.15, 0.2) is 0 Å². The molecule has 0 saturated carbocycles. The number of carbonyl (C=O) groups excluding carboxylic acids is 3. The molecular formula is C18H8F5NO4. The summed E-state index contributed by atoms with van der Waals surface area (Å²) >= 11 is 0. The van der Waals surface area contributed by atoms with Crippen LogP contribution >= 0.6 is 0 Å². The number of benzene rings is 2. The van der Waals surface area contributed by atoms with Gasteiger partial charge in [0.1, 0.15) is 0 Å². The Morgan fingerprint density at radius 3 is 1.75 bits per heavy atom. The maximum atomic E-state index is 13.5. The second-order valence-corrected chi connectivity index (χ2v) is 5.56. The number of hydrogen-bond donors (Lipinski definition) is 0. The van der Waals surface area contributed by atoms with E-state index >= 15 is 0 Å². The zero-order chi connectivity index (χ0) is 20.6. The standard InChI is InChI=1S/C18H8F5NO4/c19-13-14(20)16(22)18(17(23)15(13)21)28-12(27)7-8-1-3-9(4-2-8)24-10(25)5-6-11(24)26/h1-6H,7H2. The van der Waals surface area contributed by atoms with Crippen LogP contribution in [-0.2, 0) is 20.8 Å². The largest absolute Gasteiger partial charge is 0.420 e. The Morgan fingerprint density at radius 2 is 1.25 bits per heavy atom. The molecule has 0 fully saturated rings. The Hall–Kier alpha value is -3.56. The second kappa shape index (κ2) is 7.22. The predicted molar refractivity (Wildman–Crippen MR) is 83.6 cm³/mol. The smallest absolute Gasteiger partial charge is 0.315 e. The van der Waals surface area contributed by atoms with Gasteiger partial charge in [-0.3, -0.25) is 14.4 Å². The van der Waals surface area contributed by atoms with Gasteiger partial charge in [-0.05, 0) is 17.7 Å². The van der Waals surface area contributed by atoms with E-state index in [1.807, 2.05) is 0 Å². The third kappa shape index (κ3) is 3.36. The van der Waals surface area contributed by atoms with Crippen LogP contribution in [0.1, 0.15) is 5.56 Å². The molecule has 5 nitrogen and oxygen atoms in total. The number of ether oxygens (including phenoxy) is 1. The number of esters is 1. The van der Waals surface area contributed by atoms with Crippen molar-refractivity contribution in [2.45, 2.75) is 6.42 Å². The Kier molecular flexibility index (Phi) is 4.95. The van der Waals surface area contributed by atoms with Crippen molar-refractivity contribution >= 4 is 23.5 Å². The number of carbonyl (C=O) groups is 3. The molecule has 28 heavy (non-hydrogen) atoms. The van der Waals surface area contributed by atoms with Gasteiger partial charge in [-0.25, -0.2) is 18.1 Å². The van der Waals surface area contributed by atoms with E-state index < -0.39 is 59.0 Å². The molecular weight excluding hydrogens is 389 g/mol. The van der Waals surface area contributed by atoms with Crippen LogP contribution in [-0.4, -0.2) is 17.8 Å². The first kappa shape index (κ1) is 19.2. The first-order chi connectivity index (χ1) is 13.2. The van der Waals surface area contributed by atoms with Crippen LogP contribution in [0.15, 0.2) is 36.4 Å².